The third kappa shape index (κ3) is 4.21. The van der Waals surface area contributed by atoms with Crippen LogP contribution >= 0.6 is 0 Å². The van der Waals surface area contributed by atoms with Gasteiger partial charge in [0.2, 0.25) is 0 Å². The molecule has 0 aromatic carbocycles. The molecule has 100 valence electrons. The smallest absolute Gasteiger partial charge is 0.0701 e. The Bertz CT molecular complexity index is 219. The summed E-state index contributed by atoms with van der Waals surface area (Å²) in [4.78, 5) is 2.28. The number of aliphatic hydroxyl groups excluding tert-OH is 1. The Morgan fingerprint density at radius 1 is 1.18 bits per heavy atom. The summed E-state index contributed by atoms with van der Waals surface area (Å²) in [5, 5.41) is 9.89. The van der Waals surface area contributed by atoms with Crippen molar-refractivity contribution in [3.8, 4) is 0 Å². The van der Waals surface area contributed by atoms with E-state index in [2.05, 4.69) is 11.9 Å². The highest BCUT2D eigenvalue weighted by Crippen LogP contribution is 2.17. The van der Waals surface area contributed by atoms with Crippen LogP contribution in [0.3, 0.4) is 0 Å². The van der Waals surface area contributed by atoms with Crippen LogP contribution in [0.25, 0.3) is 0 Å². The fourth-order valence-electron chi connectivity index (χ4n) is 2.73. The summed E-state index contributed by atoms with van der Waals surface area (Å²) < 4.78 is 11.2. The molecule has 0 saturated carbocycles. The highest BCUT2D eigenvalue weighted by molar-refractivity contribution is 4.77. The maximum absolute atomic E-state index is 9.89. The molecule has 17 heavy (non-hydrogen) atoms. The van der Waals surface area contributed by atoms with Crippen LogP contribution in [0, 0.1) is 5.92 Å². The van der Waals surface area contributed by atoms with E-state index in [1.165, 1.54) is 19.3 Å². The molecule has 2 aliphatic heterocycles. The van der Waals surface area contributed by atoms with E-state index in [1.54, 1.807) is 0 Å². The minimum absolute atomic E-state index is 0.196. The fraction of sp³-hybridized carbons (Fsp3) is 1.00. The second kappa shape index (κ2) is 6.69. The van der Waals surface area contributed by atoms with E-state index >= 15 is 0 Å². The predicted molar refractivity (Wildman–Crippen MR) is 66.0 cm³/mol. The number of aliphatic hydroxyl groups is 1. The molecule has 2 aliphatic rings. The van der Waals surface area contributed by atoms with Gasteiger partial charge in [-0.25, -0.2) is 0 Å². The number of hydrogen-bond donors (Lipinski definition) is 1. The molecule has 0 aromatic heterocycles. The van der Waals surface area contributed by atoms with Crippen LogP contribution in [0.2, 0.25) is 0 Å². The maximum atomic E-state index is 9.89. The quantitative estimate of drug-likeness (QED) is 0.796. The molecule has 0 spiro atoms. The molecule has 1 N–H and O–H groups in total. The Balaban J connectivity index is 1.70. The topological polar surface area (TPSA) is 41.9 Å². The first-order valence-electron chi connectivity index (χ1n) is 6.81. The Hall–Kier alpha value is -0.160. The van der Waals surface area contributed by atoms with Gasteiger partial charge in [0.25, 0.3) is 0 Å². The lowest BCUT2D eigenvalue weighted by molar-refractivity contribution is -0.0532. The summed E-state index contributed by atoms with van der Waals surface area (Å²) in [7, 11) is 2.11. The van der Waals surface area contributed by atoms with Crippen LogP contribution in [0.1, 0.15) is 25.7 Å². The van der Waals surface area contributed by atoms with Crippen molar-refractivity contribution >= 4 is 0 Å². The van der Waals surface area contributed by atoms with Crippen molar-refractivity contribution in [2.75, 3.05) is 40.0 Å². The van der Waals surface area contributed by atoms with Gasteiger partial charge in [-0.2, -0.15) is 0 Å². The minimum Gasteiger partial charge on any atom is -0.393 e. The van der Waals surface area contributed by atoms with Crippen LogP contribution in [0.5, 0.6) is 0 Å². The van der Waals surface area contributed by atoms with Crippen molar-refractivity contribution in [2.45, 2.75) is 37.9 Å². The monoisotopic (exact) mass is 243 g/mol. The molecular formula is C13H25NO3. The van der Waals surface area contributed by atoms with E-state index in [-0.39, 0.29) is 12.0 Å². The van der Waals surface area contributed by atoms with Crippen molar-refractivity contribution in [1.82, 2.24) is 4.90 Å². The molecule has 4 heteroatoms. The van der Waals surface area contributed by atoms with Gasteiger partial charge in [-0.15, -0.1) is 0 Å². The van der Waals surface area contributed by atoms with Gasteiger partial charge in [0.1, 0.15) is 0 Å². The minimum atomic E-state index is -0.196. The summed E-state index contributed by atoms with van der Waals surface area (Å²) in [6.45, 7) is 4.18. The maximum Gasteiger partial charge on any atom is 0.0701 e. The predicted octanol–water partition coefficient (Wildman–Crippen LogP) is 0.885. The van der Waals surface area contributed by atoms with Crippen LogP contribution in [0.4, 0.5) is 0 Å². The van der Waals surface area contributed by atoms with E-state index in [0.717, 1.165) is 26.1 Å². The number of likely N-dealkylation sites (N-methyl/N-ethyl adjacent to an activating group) is 1. The Morgan fingerprint density at radius 2 is 2.06 bits per heavy atom. The summed E-state index contributed by atoms with van der Waals surface area (Å²) in [6.07, 6.45) is 4.63. The molecular weight excluding hydrogens is 218 g/mol. The number of ether oxygens (including phenoxy) is 2. The average Bonchev–Trinajstić information content (AvgIpc) is 2.33. The summed E-state index contributed by atoms with van der Waals surface area (Å²) in [5.74, 6) is 0.261. The lowest BCUT2D eigenvalue weighted by Gasteiger charge is -2.33. The van der Waals surface area contributed by atoms with Crippen molar-refractivity contribution in [1.29, 1.82) is 0 Å². The summed E-state index contributed by atoms with van der Waals surface area (Å²) in [6, 6.07) is 0. The Kier molecular flexibility index (Phi) is 5.22. The van der Waals surface area contributed by atoms with Gasteiger partial charge in [-0.1, -0.05) is 0 Å². The number of nitrogens with zero attached hydrogens (tertiary/aromatic N) is 1. The third-order valence-corrected chi connectivity index (χ3v) is 3.77. The first-order chi connectivity index (χ1) is 8.25. The van der Waals surface area contributed by atoms with Crippen molar-refractivity contribution in [3.63, 3.8) is 0 Å². The molecule has 3 unspecified atom stereocenters. The van der Waals surface area contributed by atoms with Crippen molar-refractivity contribution in [3.05, 3.63) is 0 Å². The standard InChI is InChI=1S/C13H25NO3/c1-14(9-12-4-2-3-6-17-12)8-11-10-16-7-5-13(11)15/h11-13,15H,2-10H2,1H3. The largest absolute Gasteiger partial charge is 0.393 e. The van der Waals surface area contributed by atoms with Gasteiger partial charge < -0.3 is 19.5 Å². The Labute approximate surface area is 104 Å². The van der Waals surface area contributed by atoms with E-state index in [9.17, 15) is 5.11 Å². The zero-order valence-electron chi connectivity index (χ0n) is 10.8. The zero-order valence-corrected chi connectivity index (χ0v) is 10.8. The highest BCUT2D eigenvalue weighted by atomic mass is 16.5. The van der Waals surface area contributed by atoms with Crippen LogP contribution in [-0.4, -0.2) is 62.2 Å². The molecule has 3 atom stereocenters. The van der Waals surface area contributed by atoms with Crippen molar-refractivity contribution in [2.24, 2.45) is 5.92 Å². The fourth-order valence-corrected chi connectivity index (χ4v) is 2.73. The number of rotatable bonds is 4. The number of hydrogen-bond acceptors (Lipinski definition) is 4. The van der Waals surface area contributed by atoms with Crippen LogP contribution in [0.15, 0.2) is 0 Å². The first kappa shape index (κ1) is 13.3. The second-order valence-electron chi connectivity index (χ2n) is 5.40. The molecule has 2 fully saturated rings. The van der Waals surface area contributed by atoms with Gasteiger partial charge in [0.05, 0.1) is 18.8 Å². The molecule has 0 amide bonds. The van der Waals surface area contributed by atoms with Gasteiger partial charge in [0.15, 0.2) is 0 Å². The van der Waals surface area contributed by atoms with E-state index < -0.39 is 0 Å². The molecule has 0 radical (unpaired) electrons. The summed E-state index contributed by atoms with van der Waals surface area (Å²) in [5.41, 5.74) is 0. The SMILES string of the molecule is CN(CC1CCCCO1)CC1COCCC1O. The normalized spacial score (nSPS) is 35.1. The van der Waals surface area contributed by atoms with E-state index in [4.69, 9.17) is 9.47 Å². The van der Waals surface area contributed by atoms with Gasteiger partial charge in [-0.3, -0.25) is 0 Å². The molecule has 0 aromatic rings. The second-order valence-corrected chi connectivity index (χ2v) is 5.40. The van der Waals surface area contributed by atoms with Gasteiger partial charge in [-0.05, 0) is 32.7 Å². The molecule has 2 heterocycles. The molecule has 4 nitrogen and oxygen atoms in total. The molecule has 2 saturated heterocycles. The third-order valence-electron chi connectivity index (χ3n) is 3.77. The molecule has 2 rings (SSSR count). The van der Waals surface area contributed by atoms with Gasteiger partial charge in [0, 0.05) is 32.2 Å². The Morgan fingerprint density at radius 3 is 2.76 bits per heavy atom. The molecule has 0 bridgehead atoms. The zero-order chi connectivity index (χ0) is 12.1. The molecule has 0 aliphatic carbocycles. The lowest BCUT2D eigenvalue weighted by atomic mass is 9.98. The van der Waals surface area contributed by atoms with Crippen molar-refractivity contribution < 1.29 is 14.6 Å². The van der Waals surface area contributed by atoms with Crippen LogP contribution < -0.4 is 0 Å². The van der Waals surface area contributed by atoms with Gasteiger partial charge >= 0.3 is 0 Å². The highest BCUT2D eigenvalue weighted by Gasteiger charge is 2.26. The van der Waals surface area contributed by atoms with E-state index in [0.29, 0.717) is 19.3 Å². The summed E-state index contributed by atoms with van der Waals surface area (Å²) >= 11 is 0. The average molecular weight is 243 g/mol. The lowest BCUT2D eigenvalue weighted by Crippen LogP contribution is -2.42. The van der Waals surface area contributed by atoms with E-state index in [1.807, 2.05) is 0 Å². The first-order valence-corrected chi connectivity index (χ1v) is 6.81. The van der Waals surface area contributed by atoms with Crippen LogP contribution in [-0.2, 0) is 9.47 Å².